The van der Waals surface area contributed by atoms with Gasteiger partial charge in [-0.25, -0.2) is 12.7 Å². The van der Waals surface area contributed by atoms with E-state index >= 15 is 0 Å². The Bertz CT molecular complexity index is 268. The van der Waals surface area contributed by atoms with Gasteiger partial charge in [0.2, 0.25) is 10.0 Å². The van der Waals surface area contributed by atoms with E-state index in [1.807, 2.05) is 6.92 Å². The molecule has 0 aromatic carbocycles. The highest BCUT2D eigenvalue weighted by atomic mass is 32.2. The van der Waals surface area contributed by atoms with E-state index in [0.717, 1.165) is 39.1 Å². The molecule has 0 saturated carbocycles. The van der Waals surface area contributed by atoms with Crippen LogP contribution in [0.1, 0.15) is 26.7 Å². The van der Waals surface area contributed by atoms with Gasteiger partial charge >= 0.3 is 0 Å². The van der Waals surface area contributed by atoms with Gasteiger partial charge in [0.05, 0.1) is 12.9 Å². The second kappa shape index (κ2) is 9.82. The quantitative estimate of drug-likeness (QED) is 0.559. The Morgan fingerprint density at radius 1 is 1.18 bits per heavy atom. The predicted molar refractivity (Wildman–Crippen MR) is 70.7 cm³/mol. The summed E-state index contributed by atoms with van der Waals surface area (Å²) in [5.74, 6) is 0. The van der Waals surface area contributed by atoms with Crippen molar-refractivity contribution in [1.29, 1.82) is 0 Å². The van der Waals surface area contributed by atoms with E-state index in [0.29, 0.717) is 13.1 Å². The van der Waals surface area contributed by atoms with Crippen molar-refractivity contribution in [1.82, 2.24) is 9.62 Å². The van der Waals surface area contributed by atoms with Gasteiger partial charge in [0.15, 0.2) is 0 Å². The molecule has 0 aromatic rings. The van der Waals surface area contributed by atoms with Crippen molar-refractivity contribution in [3.8, 4) is 0 Å². The second-order valence-electron chi connectivity index (χ2n) is 3.97. The maximum Gasteiger partial charge on any atom is 0.211 e. The first-order valence-electron chi connectivity index (χ1n) is 6.26. The third-order valence-electron chi connectivity index (χ3n) is 2.35. The van der Waals surface area contributed by atoms with Gasteiger partial charge in [0, 0.05) is 26.2 Å². The molecule has 0 fully saturated rings. The normalized spacial score (nSPS) is 12.2. The van der Waals surface area contributed by atoms with E-state index < -0.39 is 10.0 Å². The third-order valence-corrected chi connectivity index (χ3v) is 3.73. The molecule has 0 bridgehead atoms. The number of rotatable bonds is 11. The van der Waals surface area contributed by atoms with E-state index in [1.165, 1.54) is 10.6 Å². The molecule has 0 aliphatic rings. The van der Waals surface area contributed by atoms with Gasteiger partial charge in [0.25, 0.3) is 0 Å². The van der Waals surface area contributed by atoms with Crippen LogP contribution in [-0.2, 0) is 14.8 Å². The summed E-state index contributed by atoms with van der Waals surface area (Å²) in [5, 5.41) is 3.23. The van der Waals surface area contributed by atoms with Crippen molar-refractivity contribution >= 4 is 10.0 Å². The van der Waals surface area contributed by atoms with Crippen molar-refractivity contribution in [2.45, 2.75) is 26.7 Å². The molecule has 0 aromatic heterocycles. The number of nitrogens with one attached hydrogen (secondary N) is 1. The molecule has 0 radical (unpaired) electrons. The summed E-state index contributed by atoms with van der Waals surface area (Å²) in [6, 6.07) is 0. The minimum absolute atomic E-state index is 0.540. The summed E-state index contributed by atoms with van der Waals surface area (Å²) in [7, 11) is -3.04. The predicted octanol–water partition coefficient (Wildman–Crippen LogP) is 0.674. The maximum absolute atomic E-state index is 11.3. The van der Waals surface area contributed by atoms with Crippen LogP contribution in [0.2, 0.25) is 0 Å². The zero-order valence-electron chi connectivity index (χ0n) is 11.2. The molecule has 0 atom stereocenters. The van der Waals surface area contributed by atoms with Gasteiger partial charge in [-0.15, -0.1) is 0 Å². The molecule has 0 saturated heterocycles. The molecule has 0 heterocycles. The Labute approximate surface area is 106 Å². The van der Waals surface area contributed by atoms with Gasteiger partial charge in [-0.2, -0.15) is 0 Å². The largest absolute Gasteiger partial charge is 0.380 e. The molecule has 0 aliphatic carbocycles. The molecule has 0 amide bonds. The van der Waals surface area contributed by atoms with Crippen LogP contribution in [0.25, 0.3) is 0 Å². The standard InChI is InChI=1S/C11H26N2O3S/c1-4-10-16-11-8-12-7-6-9-13(5-2)17(3,14)15/h12H,4-11H2,1-3H3. The molecule has 1 N–H and O–H groups in total. The van der Waals surface area contributed by atoms with Crippen LogP contribution in [0.3, 0.4) is 0 Å². The molecule has 17 heavy (non-hydrogen) atoms. The summed E-state index contributed by atoms with van der Waals surface area (Å²) in [6.45, 7) is 8.23. The lowest BCUT2D eigenvalue weighted by molar-refractivity contribution is 0.136. The fraction of sp³-hybridized carbons (Fsp3) is 1.00. The van der Waals surface area contributed by atoms with Crippen molar-refractivity contribution in [3.63, 3.8) is 0 Å². The summed E-state index contributed by atoms with van der Waals surface area (Å²) in [6.07, 6.45) is 3.12. The minimum atomic E-state index is -3.04. The second-order valence-corrected chi connectivity index (χ2v) is 5.95. The summed E-state index contributed by atoms with van der Waals surface area (Å²) in [5.41, 5.74) is 0. The molecular weight excluding hydrogens is 240 g/mol. The van der Waals surface area contributed by atoms with Crippen LogP contribution in [0, 0.1) is 0 Å². The number of hydrogen-bond donors (Lipinski definition) is 1. The number of ether oxygens (including phenoxy) is 1. The van der Waals surface area contributed by atoms with Crippen molar-refractivity contribution in [3.05, 3.63) is 0 Å². The molecule has 0 spiro atoms. The van der Waals surface area contributed by atoms with Gasteiger partial charge in [-0.1, -0.05) is 13.8 Å². The minimum Gasteiger partial charge on any atom is -0.380 e. The molecule has 0 unspecified atom stereocenters. The highest BCUT2D eigenvalue weighted by Gasteiger charge is 2.12. The molecular formula is C11H26N2O3S. The maximum atomic E-state index is 11.3. The Balaban J connectivity index is 3.44. The first kappa shape index (κ1) is 16.8. The Morgan fingerprint density at radius 2 is 1.88 bits per heavy atom. The first-order chi connectivity index (χ1) is 8.02. The Hall–Kier alpha value is -0.170. The van der Waals surface area contributed by atoms with Crippen LogP contribution < -0.4 is 5.32 Å². The van der Waals surface area contributed by atoms with Crippen LogP contribution in [0.4, 0.5) is 0 Å². The van der Waals surface area contributed by atoms with E-state index in [4.69, 9.17) is 4.74 Å². The van der Waals surface area contributed by atoms with E-state index in [1.54, 1.807) is 0 Å². The molecule has 5 nitrogen and oxygen atoms in total. The molecule has 0 aliphatic heterocycles. The lowest BCUT2D eigenvalue weighted by Crippen LogP contribution is -2.32. The third kappa shape index (κ3) is 9.52. The fourth-order valence-electron chi connectivity index (χ4n) is 1.45. The number of sulfonamides is 1. The lowest BCUT2D eigenvalue weighted by Gasteiger charge is -2.17. The van der Waals surface area contributed by atoms with E-state index in [-0.39, 0.29) is 0 Å². The average Bonchev–Trinajstić information content (AvgIpc) is 2.25. The van der Waals surface area contributed by atoms with E-state index in [9.17, 15) is 8.42 Å². The number of nitrogens with zero attached hydrogens (tertiary/aromatic N) is 1. The van der Waals surface area contributed by atoms with Gasteiger partial charge in [-0.05, 0) is 19.4 Å². The van der Waals surface area contributed by atoms with Crippen LogP contribution >= 0.6 is 0 Å². The van der Waals surface area contributed by atoms with Gasteiger partial charge in [-0.3, -0.25) is 0 Å². The van der Waals surface area contributed by atoms with Gasteiger partial charge in [0.1, 0.15) is 0 Å². The molecule has 6 heteroatoms. The van der Waals surface area contributed by atoms with Crippen molar-refractivity contribution in [2.75, 3.05) is 45.6 Å². The van der Waals surface area contributed by atoms with Gasteiger partial charge < -0.3 is 10.1 Å². The smallest absolute Gasteiger partial charge is 0.211 e. The van der Waals surface area contributed by atoms with Crippen LogP contribution in [0.5, 0.6) is 0 Å². The SMILES string of the molecule is CCCOCCNCCCN(CC)S(C)(=O)=O. The van der Waals surface area contributed by atoms with Crippen molar-refractivity contribution < 1.29 is 13.2 Å². The average molecular weight is 266 g/mol. The zero-order chi connectivity index (χ0) is 13.1. The highest BCUT2D eigenvalue weighted by molar-refractivity contribution is 7.88. The topological polar surface area (TPSA) is 58.6 Å². The lowest BCUT2D eigenvalue weighted by atomic mass is 10.4. The Kier molecular flexibility index (Phi) is 9.72. The summed E-state index contributed by atoms with van der Waals surface area (Å²) < 4.78 is 29.4. The first-order valence-corrected chi connectivity index (χ1v) is 8.10. The number of hydrogen-bond acceptors (Lipinski definition) is 4. The Morgan fingerprint density at radius 3 is 2.41 bits per heavy atom. The molecule has 104 valence electrons. The highest BCUT2D eigenvalue weighted by Crippen LogP contribution is 1.97. The van der Waals surface area contributed by atoms with Crippen LogP contribution in [-0.4, -0.2) is 58.4 Å². The molecule has 0 rings (SSSR count). The van der Waals surface area contributed by atoms with E-state index in [2.05, 4.69) is 12.2 Å². The fourth-order valence-corrected chi connectivity index (χ4v) is 2.38. The van der Waals surface area contributed by atoms with Crippen LogP contribution in [0.15, 0.2) is 0 Å². The summed E-state index contributed by atoms with van der Waals surface area (Å²) >= 11 is 0. The van der Waals surface area contributed by atoms with Crippen molar-refractivity contribution in [2.24, 2.45) is 0 Å². The monoisotopic (exact) mass is 266 g/mol. The zero-order valence-corrected chi connectivity index (χ0v) is 12.1. The summed E-state index contributed by atoms with van der Waals surface area (Å²) in [4.78, 5) is 0.